The molecule has 1 aromatic carbocycles. The molecule has 0 aliphatic heterocycles. The lowest BCUT2D eigenvalue weighted by Crippen LogP contribution is -2.15. The summed E-state index contributed by atoms with van der Waals surface area (Å²) in [5.74, 6) is -0.743. The molecule has 0 saturated carbocycles. The van der Waals surface area contributed by atoms with Crippen molar-refractivity contribution in [3.63, 3.8) is 0 Å². The molecule has 172 valence electrons. The van der Waals surface area contributed by atoms with Crippen molar-refractivity contribution in [2.75, 3.05) is 17.7 Å². The number of nitrogens with zero attached hydrogens (tertiary/aromatic N) is 1. The highest BCUT2D eigenvalue weighted by Crippen LogP contribution is 2.46. The lowest BCUT2D eigenvalue weighted by molar-refractivity contribution is 0.0529. The number of pyridine rings is 1. The average Bonchev–Trinajstić information content (AvgIpc) is 3.53. The second-order valence-electron chi connectivity index (χ2n) is 8.58. The Bertz CT molecular complexity index is 1480. The van der Waals surface area contributed by atoms with E-state index in [9.17, 15) is 9.59 Å². The van der Waals surface area contributed by atoms with Gasteiger partial charge in [-0.3, -0.25) is 4.79 Å². The maximum absolute atomic E-state index is 13.4. The molecule has 1 amide bonds. The van der Waals surface area contributed by atoms with Gasteiger partial charge in [0.25, 0.3) is 5.91 Å². The van der Waals surface area contributed by atoms with Crippen molar-refractivity contribution in [1.82, 2.24) is 4.98 Å². The number of esters is 1. The number of nitrogens with two attached hydrogens (primary N) is 1. The smallest absolute Gasteiger partial charge is 0.341 e. The number of fused-ring (bicyclic) bond motifs is 5. The first-order chi connectivity index (χ1) is 16.5. The summed E-state index contributed by atoms with van der Waals surface area (Å²) < 4.78 is 5.40. The molecule has 0 radical (unpaired) electrons. The van der Waals surface area contributed by atoms with E-state index in [0.29, 0.717) is 21.1 Å². The summed E-state index contributed by atoms with van der Waals surface area (Å²) in [5.41, 5.74) is 12.7. The molecule has 0 unspecified atom stereocenters. The summed E-state index contributed by atoms with van der Waals surface area (Å²) in [5, 5.41) is 4.34. The summed E-state index contributed by atoms with van der Waals surface area (Å²) >= 11 is 2.75. The maximum Gasteiger partial charge on any atom is 0.341 e. The van der Waals surface area contributed by atoms with Crippen molar-refractivity contribution in [3.8, 4) is 11.1 Å². The standard InChI is InChI=1S/C26H23N3O3S2/c1-2-32-26(31)20-19-15-8-4-3-6-13(15)10-11-18(19)33-25(20)29-23(30)22-21(27)16-12-14-7-5-9-17(14)28-24(16)34-22/h3-4,6,8,12H,2,5,7,9-11,27H2,1H3,(H,29,30). The number of rotatable bonds is 4. The van der Waals surface area contributed by atoms with Gasteiger partial charge in [0.05, 0.1) is 12.3 Å². The van der Waals surface area contributed by atoms with Crippen LogP contribution in [0.5, 0.6) is 0 Å². The molecule has 8 heteroatoms. The van der Waals surface area contributed by atoms with Crippen LogP contribution >= 0.6 is 22.7 Å². The van der Waals surface area contributed by atoms with Gasteiger partial charge in [0.15, 0.2) is 0 Å². The SMILES string of the molecule is CCOC(=O)c1c(NC(=O)c2sc3nc4c(cc3c2N)CCC4)sc2c1-c1ccccc1CC2. The summed E-state index contributed by atoms with van der Waals surface area (Å²) in [4.78, 5) is 33.5. The summed E-state index contributed by atoms with van der Waals surface area (Å²) in [7, 11) is 0. The van der Waals surface area contributed by atoms with Crippen LogP contribution in [0.15, 0.2) is 30.3 Å². The number of ether oxygens (including phenoxy) is 1. The Labute approximate surface area is 204 Å². The van der Waals surface area contributed by atoms with Crippen molar-refractivity contribution >= 4 is 55.5 Å². The van der Waals surface area contributed by atoms with Crippen molar-refractivity contribution in [2.24, 2.45) is 0 Å². The molecule has 3 N–H and O–H groups in total. The summed E-state index contributed by atoms with van der Waals surface area (Å²) in [6.45, 7) is 2.04. The third-order valence-corrected chi connectivity index (χ3v) is 8.83. The van der Waals surface area contributed by atoms with Crippen LogP contribution in [-0.4, -0.2) is 23.5 Å². The fourth-order valence-corrected chi connectivity index (χ4v) is 7.17. The minimum Gasteiger partial charge on any atom is -0.462 e. The second-order valence-corrected chi connectivity index (χ2v) is 10.7. The molecule has 2 aliphatic rings. The molecule has 0 atom stereocenters. The van der Waals surface area contributed by atoms with Crippen LogP contribution in [0.3, 0.4) is 0 Å². The average molecular weight is 490 g/mol. The van der Waals surface area contributed by atoms with Crippen LogP contribution < -0.4 is 11.1 Å². The van der Waals surface area contributed by atoms with Crippen molar-refractivity contribution in [1.29, 1.82) is 0 Å². The highest BCUT2D eigenvalue weighted by molar-refractivity contribution is 7.21. The van der Waals surface area contributed by atoms with Gasteiger partial charge in [-0.1, -0.05) is 24.3 Å². The highest BCUT2D eigenvalue weighted by Gasteiger charge is 2.31. The van der Waals surface area contributed by atoms with Crippen molar-refractivity contribution in [2.45, 2.75) is 39.0 Å². The maximum atomic E-state index is 13.4. The van der Waals surface area contributed by atoms with Gasteiger partial charge >= 0.3 is 5.97 Å². The number of benzene rings is 1. The topological polar surface area (TPSA) is 94.3 Å². The van der Waals surface area contributed by atoms with E-state index in [0.717, 1.165) is 64.0 Å². The molecule has 3 aromatic heterocycles. The number of nitrogens with one attached hydrogen (secondary N) is 1. The molecule has 0 saturated heterocycles. The Hall–Kier alpha value is -3.23. The number of carbonyl (C=O) groups excluding carboxylic acids is 2. The van der Waals surface area contributed by atoms with Crippen LogP contribution in [0.1, 0.15) is 55.1 Å². The monoisotopic (exact) mass is 489 g/mol. The number of thiophene rings is 2. The number of amides is 1. The van der Waals surface area contributed by atoms with E-state index in [-0.39, 0.29) is 12.5 Å². The lowest BCUT2D eigenvalue weighted by atomic mass is 9.88. The molecule has 4 aromatic rings. The van der Waals surface area contributed by atoms with Gasteiger partial charge in [-0.05, 0) is 61.8 Å². The zero-order valence-electron chi connectivity index (χ0n) is 18.7. The summed E-state index contributed by atoms with van der Waals surface area (Å²) in [6.07, 6.45) is 4.80. The van der Waals surface area contributed by atoms with Gasteiger partial charge in [0.2, 0.25) is 0 Å². The Morgan fingerprint density at radius 3 is 2.82 bits per heavy atom. The molecular weight excluding hydrogens is 466 g/mol. The van der Waals surface area contributed by atoms with Gasteiger partial charge in [-0.2, -0.15) is 0 Å². The van der Waals surface area contributed by atoms with Gasteiger partial charge < -0.3 is 15.8 Å². The van der Waals surface area contributed by atoms with Crippen molar-refractivity contribution < 1.29 is 14.3 Å². The molecule has 6 nitrogen and oxygen atoms in total. The minimum atomic E-state index is -0.422. The van der Waals surface area contributed by atoms with Gasteiger partial charge in [0.1, 0.15) is 20.3 Å². The zero-order valence-corrected chi connectivity index (χ0v) is 20.3. The molecule has 34 heavy (non-hydrogen) atoms. The quantitative estimate of drug-likeness (QED) is 0.363. The molecule has 0 fully saturated rings. The van der Waals surface area contributed by atoms with E-state index in [1.165, 1.54) is 33.8 Å². The van der Waals surface area contributed by atoms with Crippen LogP contribution in [-0.2, 0) is 30.4 Å². The first kappa shape index (κ1) is 21.3. The minimum absolute atomic E-state index is 0.262. The molecular formula is C26H23N3O3S2. The normalized spacial score (nSPS) is 13.9. The number of aryl methyl sites for hydroxylation is 4. The van der Waals surface area contributed by atoms with Crippen LogP contribution in [0.25, 0.3) is 21.3 Å². The van der Waals surface area contributed by atoms with Crippen LogP contribution in [0.4, 0.5) is 10.7 Å². The van der Waals surface area contributed by atoms with Crippen molar-refractivity contribution in [3.05, 3.63) is 62.5 Å². The second kappa shape index (κ2) is 8.21. The van der Waals surface area contributed by atoms with E-state index < -0.39 is 5.97 Å². The molecule has 0 bridgehead atoms. The number of carbonyl (C=O) groups is 2. The predicted octanol–water partition coefficient (Wildman–Crippen LogP) is 5.62. The number of hydrogen-bond donors (Lipinski definition) is 2. The Balaban J connectivity index is 1.42. The Morgan fingerprint density at radius 2 is 1.97 bits per heavy atom. The number of nitrogen functional groups attached to an aromatic ring is 1. The Kier molecular flexibility index (Phi) is 5.15. The largest absolute Gasteiger partial charge is 0.462 e. The molecule has 2 aliphatic carbocycles. The lowest BCUT2D eigenvalue weighted by Gasteiger charge is -2.17. The Morgan fingerprint density at radius 1 is 1.12 bits per heavy atom. The fraction of sp³-hybridized carbons (Fsp3) is 0.269. The first-order valence-electron chi connectivity index (χ1n) is 11.5. The third kappa shape index (κ3) is 3.32. The first-order valence-corrected chi connectivity index (χ1v) is 13.1. The third-order valence-electron chi connectivity index (χ3n) is 6.55. The zero-order chi connectivity index (χ0) is 23.4. The van der Waals surface area contributed by atoms with Crippen LogP contribution in [0.2, 0.25) is 0 Å². The van der Waals surface area contributed by atoms with Gasteiger partial charge in [-0.15, -0.1) is 22.7 Å². The molecule has 3 heterocycles. The van der Waals surface area contributed by atoms with E-state index in [1.54, 1.807) is 6.92 Å². The van der Waals surface area contributed by atoms with E-state index >= 15 is 0 Å². The van der Waals surface area contributed by atoms with E-state index in [2.05, 4.69) is 17.4 Å². The number of aromatic nitrogens is 1. The van der Waals surface area contributed by atoms with E-state index in [1.807, 2.05) is 18.2 Å². The summed E-state index contributed by atoms with van der Waals surface area (Å²) in [6, 6.07) is 10.2. The number of anilines is 2. The van der Waals surface area contributed by atoms with Gasteiger partial charge in [0, 0.05) is 21.5 Å². The fourth-order valence-electron chi connectivity index (χ4n) is 4.98. The predicted molar refractivity (Wildman–Crippen MR) is 137 cm³/mol. The number of hydrogen-bond acceptors (Lipinski definition) is 7. The van der Waals surface area contributed by atoms with Gasteiger partial charge in [-0.25, -0.2) is 9.78 Å². The molecule has 6 rings (SSSR count). The van der Waals surface area contributed by atoms with Crippen LogP contribution in [0, 0.1) is 0 Å². The highest BCUT2D eigenvalue weighted by atomic mass is 32.1. The van der Waals surface area contributed by atoms with E-state index in [4.69, 9.17) is 15.5 Å². The molecule has 0 spiro atoms.